The lowest BCUT2D eigenvalue weighted by Crippen LogP contribution is -2.40. The van der Waals surface area contributed by atoms with Gasteiger partial charge in [0.15, 0.2) is 5.69 Å². The summed E-state index contributed by atoms with van der Waals surface area (Å²) in [5.74, 6) is -1.49. The Morgan fingerprint density at radius 1 is 1.64 bits per heavy atom. The molecule has 6 nitrogen and oxygen atoms in total. The second-order valence-electron chi connectivity index (χ2n) is 2.72. The van der Waals surface area contributed by atoms with Gasteiger partial charge in [-0.05, 0) is 6.92 Å². The van der Waals surface area contributed by atoms with Crippen LogP contribution < -0.4 is 0 Å². The van der Waals surface area contributed by atoms with Crippen LogP contribution in [0.25, 0.3) is 0 Å². The zero-order valence-corrected chi connectivity index (χ0v) is 8.48. The predicted octanol–water partition coefficient (Wildman–Crippen LogP) is 0.0832. The summed E-state index contributed by atoms with van der Waals surface area (Å²) in [6.45, 7) is 1.43. The van der Waals surface area contributed by atoms with Crippen LogP contribution in [0.3, 0.4) is 0 Å². The van der Waals surface area contributed by atoms with Gasteiger partial charge in [0.1, 0.15) is 6.04 Å². The molecule has 1 amide bonds. The molecule has 1 rings (SSSR count). The van der Waals surface area contributed by atoms with Crippen molar-refractivity contribution in [2.24, 2.45) is 0 Å². The Balaban J connectivity index is 2.76. The molecule has 0 aliphatic rings. The van der Waals surface area contributed by atoms with Gasteiger partial charge in [-0.1, -0.05) is 0 Å². The first-order chi connectivity index (χ1) is 6.54. The predicted molar refractivity (Wildman–Crippen MR) is 49.1 cm³/mol. The van der Waals surface area contributed by atoms with E-state index in [2.05, 4.69) is 8.75 Å². The van der Waals surface area contributed by atoms with Crippen LogP contribution in [0.15, 0.2) is 6.20 Å². The number of aromatic nitrogens is 2. The number of amides is 1. The van der Waals surface area contributed by atoms with Gasteiger partial charge in [-0.15, -0.1) is 0 Å². The summed E-state index contributed by atoms with van der Waals surface area (Å²) in [5.41, 5.74) is 0.172. The standard InChI is InChI=1S/C7H9N3O3S/c1-4(7(12)13)10(2)6(11)5-3-8-14-9-5/h3-4H,1-2H3,(H,12,13). The highest BCUT2D eigenvalue weighted by atomic mass is 32.1. The molecule has 0 aliphatic heterocycles. The number of aliphatic carboxylic acids is 1. The van der Waals surface area contributed by atoms with Gasteiger partial charge in [0, 0.05) is 7.05 Å². The zero-order valence-electron chi connectivity index (χ0n) is 7.67. The Labute approximate surface area is 84.5 Å². The number of hydrogen-bond acceptors (Lipinski definition) is 5. The molecule has 1 heterocycles. The Bertz CT molecular complexity index is 338. The maximum atomic E-state index is 11.5. The minimum absolute atomic E-state index is 0.172. The SMILES string of the molecule is CC(C(=O)O)N(C)C(=O)c1cnsn1. The van der Waals surface area contributed by atoms with Crippen LogP contribution in [-0.4, -0.2) is 43.7 Å². The number of carbonyl (C=O) groups is 2. The van der Waals surface area contributed by atoms with E-state index in [1.54, 1.807) is 0 Å². The fourth-order valence-electron chi connectivity index (χ4n) is 0.781. The van der Waals surface area contributed by atoms with E-state index in [0.717, 1.165) is 16.6 Å². The number of rotatable bonds is 3. The van der Waals surface area contributed by atoms with E-state index in [1.807, 2.05) is 0 Å². The molecule has 1 atom stereocenters. The average molecular weight is 215 g/mol. The van der Waals surface area contributed by atoms with E-state index >= 15 is 0 Å². The van der Waals surface area contributed by atoms with Crippen molar-refractivity contribution in [2.75, 3.05) is 7.05 Å². The van der Waals surface area contributed by atoms with E-state index in [1.165, 1.54) is 20.2 Å². The minimum atomic E-state index is -1.05. The van der Waals surface area contributed by atoms with Crippen LogP contribution in [0.5, 0.6) is 0 Å². The van der Waals surface area contributed by atoms with Gasteiger partial charge in [-0.3, -0.25) is 4.79 Å². The molecule has 0 saturated heterocycles. The molecule has 1 aromatic rings. The molecule has 0 bridgehead atoms. The van der Waals surface area contributed by atoms with Crippen molar-refractivity contribution in [3.8, 4) is 0 Å². The van der Waals surface area contributed by atoms with E-state index < -0.39 is 17.9 Å². The highest BCUT2D eigenvalue weighted by molar-refractivity contribution is 6.99. The lowest BCUT2D eigenvalue weighted by atomic mass is 10.3. The maximum absolute atomic E-state index is 11.5. The number of nitrogens with zero attached hydrogens (tertiary/aromatic N) is 3. The highest BCUT2D eigenvalue weighted by Gasteiger charge is 2.23. The fourth-order valence-corrected chi connectivity index (χ4v) is 1.19. The number of hydrogen-bond donors (Lipinski definition) is 1. The second-order valence-corrected chi connectivity index (χ2v) is 3.28. The van der Waals surface area contributed by atoms with Gasteiger partial charge in [0.05, 0.1) is 17.9 Å². The van der Waals surface area contributed by atoms with Crippen molar-refractivity contribution in [1.82, 2.24) is 13.6 Å². The van der Waals surface area contributed by atoms with Crippen LogP contribution in [0, 0.1) is 0 Å². The van der Waals surface area contributed by atoms with Crippen molar-refractivity contribution in [3.63, 3.8) is 0 Å². The average Bonchev–Trinajstić information content (AvgIpc) is 2.67. The molecule has 0 radical (unpaired) electrons. The van der Waals surface area contributed by atoms with E-state index in [-0.39, 0.29) is 5.69 Å². The molecule has 7 heteroatoms. The van der Waals surface area contributed by atoms with Crippen molar-refractivity contribution in [1.29, 1.82) is 0 Å². The molecule has 0 fully saturated rings. The Kier molecular flexibility index (Phi) is 3.13. The number of carbonyl (C=O) groups excluding carboxylic acids is 1. The summed E-state index contributed by atoms with van der Waals surface area (Å²) in [7, 11) is 1.42. The van der Waals surface area contributed by atoms with Gasteiger partial charge in [0.25, 0.3) is 5.91 Å². The van der Waals surface area contributed by atoms with E-state index in [0.29, 0.717) is 0 Å². The smallest absolute Gasteiger partial charge is 0.326 e. The topological polar surface area (TPSA) is 83.4 Å². The van der Waals surface area contributed by atoms with E-state index in [9.17, 15) is 9.59 Å². The van der Waals surface area contributed by atoms with Gasteiger partial charge in [-0.2, -0.15) is 8.75 Å². The number of likely N-dealkylation sites (N-methyl/N-ethyl adjacent to an activating group) is 1. The molecule has 14 heavy (non-hydrogen) atoms. The van der Waals surface area contributed by atoms with Crippen LogP contribution in [0.1, 0.15) is 17.4 Å². The highest BCUT2D eigenvalue weighted by Crippen LogP contribution is 2.04. The first-order valence-electron chi connectivity index (χ1n) is 3.81. The lowest BCUT2D eigenvalue weighted by molar-refractivity contribution is -0.141. The first kappa shape index (κ1) is 10.6. The summed E-state index contributed by atoms with van der Waals surface area (Å²) < 4.78 is 7.39. The molecule has 1 unspecified atom stereocenters. The summed E-state index contributed by atoms with van der Waals surface area (Å²) in [4.78, 5) is 23.2. The van der Waals surface area contributed by atoms with Crippen molar-refractivity contribution in [3.05, 3.63) is 11.9 Å². The molecular weight excluding hydrogens is 206 g/mol. The van der Waals surface area contributed by atoms with Crippen LogP contribution in [0.4, 0.5) is 0 Å². The molecule has 1 aromatic heterocycles. The van der Waals surface area contributed by atoms with Crippen molar-refractivity contribution >= 4 is 23.6 Å². The summed E-state index contributed by atoms with van der Waals surface area (Å²) in [6, 6.07) is -0.871. The normalized spacial score (nSPS) is 12.1. The molecule has 0 aliphatic carbocycles. The summed E-state index contributed by atoms with van der Waals surface area (Å²) >= 11 is 0.911. The zero-order chi connectivity index (χ0) is 10.7. The van der Waals surface area contributed by atoms with Crippen LogP contribution in [-0.2, 0) is 4.79 Å². The van der Waals surface area contributed by atoms with Gasteiger partial charge in [0.2, 0.25) is 0 Å². The summed E-state index contributed by atoms with van der Waals surface area (Å²) in [5, 5.41) is 8.67. The Hall–Kier alpha value is -1.50. The Morgan fingerprint density at radius 3 is 2.71 bits per heavy atom. The van der Waals surface area contributed by atoms with Gasteiger partial charge >= 0.3 is 5.97 Å². The third kappa shape index (κ3) is 2.05. The second kappa shape index (κ2) is 4.14. The molecular formula is C7H9N3O3S. The van der Waals surface area contributed by atoms with E-state index in [4.69, 9.17) is 5.11 Å². The molecule has 0 aromatic carbocycles. The largest absolute Gasteiger partial charge is 0.480 e. The molecule has 0 saturated carbocycles. The van der Waals surface area contributed by atoms with Crippen LogP contribution in [0.2, 0.25) is 0 Å². The molecule has 0 spiro atoms. The van der Waals surface area contributed by atoms with Crippen molar-refractivity contribution < 1.29 is 14.7 Å². The third-order valence-corrected chi connectivity index (χ3v) is 2.32. The molecule has 76 valence electrons. The van der Waals surface area contributed by atoms with Gasteiger partial charge in [-0.25, -0.2) is 4.79 Å². The van der Waals surface area contributed by atoms with Gasteiger partial charge < -0.3 is 10.0 Å². The third-order valence-electron chi connectivity index (χ3n) is 1.84. The first-order valence-corrected chi connectivity index (χ1v) is 4.54. The summed E-state index contributed by atoms with van der Waals surface area (Å²) in [6.07, 6.45) is 1.32. The molecule has 1 N–H and O–H groups in total. The fraction of sp³-hybridized carbons (Fsp3) is 0.429. The van der Waals surface area contributed by atoms with Crippen molar-refractivity contribution in [2.45, 2.75) is 13.0 Å². The lowest BCUT2D eigenvalue weighted by Gasteiger charge is -2.19. The van der Waals surface area contributed by atoms with Crippen LogP contribution >= 0.6 is 11.7 Å². The number of carboxylic acids is 1. The minimum Gasteiger partial charge on any atom is -0.480 e. The monoisotopic (exact) mass is 215 g/mol. The number of carboxylic acid groups (broad SMARTS) is 1. The quantitative estimate of drug-likeness (QED) is 0.772. The Morgan fingerprint density at radius 2 is 2.29 bits per heavy atom. The maximum Gasteiger partial charge on any atom is 0.326 e.